The van der Waals surface area contributed by atoms with Gasteiger partial charge in [0.05, 0.1) is 17.4 Å². The molecule has 1 saturated heterocycles. The number of rotatable bonds is 0. The van der Waals surface area contributed by atoms with Crippen LogP contribution in [0.2, 0.25) is 0 Å². The van der Waals surface area contributed by atoms with Gasteiger partial charge in [0, 0.05) is 0 Å². The summed E-state index contributed by atoms with van der Waals surface area (Å²) in [7, 11) is 0. The summed E-state index contributed by atoms with van der Waals surface area (Å²) in [5, 5.41) is 0. The fourth-order valence-corrected chi connectivity index (χ4v) is 4.65. The highest BCUT2D eigenvalue weighted by atomic mass is 16.7. The van der Waals surface area contributed by atoms with Crippen LogP contribution in [0.3, 0.4) is 0 Å². The van der Waals surface area contributed by atoms with E-state index in [0.717, 1.165) is 30.4 Å². The zero-order valence-electron chi connectivity index (χ0n) is 16.6. The van der Waals surface area contributed by atoms with Crippen molar-refractivity contribution in [2.75, 3.05) is 0 Å². The molecule has 3 atom stereocenters. The Morgan fingerprint density at radius 1 is 0.962 bits per heavy atom. The largest absolute Gasteiger partial charge is 0.444 e. The van der Waals surface area contributed by atoms with Crippen molar-refractivity contribution in [3.63, 3.8) is 0 Å². The van der Waals surface area contributed by atoms with Crippen LogP contribution in [-0.2, 0) is 20.4 Å². The Kier molecular flexibility index (Phi) is 3.46. The molecule has 2 fully saturated rings. The molecule has 140 valence electrons. The number of ketones is 1. The van der Waals surface area contributed by atoms with Crippen LogP contribution in [0.25, 0.3) is 0 Å². The zero-order chi connectivity index (χ0) is 19.1. The molecule has 0 radical (unpaired) electrons. The molecule has 0 bridgehead atoms. The van der Waals surface area contributed by atoms with Crippen LogP contribution < -0.4 is 4.74 Å². The summed E-state index contributed by atoms with van der Waals surface area (Å²) in [6, 6.07) is 4.09. The van der Waals surface area contributed by atoms with Crippen molar-refractivity contribution in [1.29, 1.82) is 0 Å². The summed E-state index contributed by atoms with van der Waals surface area (Å²) in [5.74, 6) is -1.67. The van der Waals surface area contributed by atoms with Crippen molar-refractivity contribution in [3.8, 4) is 5.75 Å². The van der Waals surface area contributed by atoms with Gasteiger partial charge in [0.15, 0.2) is 0 Å². The summed E-state index contributed by atoms with van der Waals surface area (Å²) in [6.07, 6.45) is 2.53. The van der Waals surface area contributed by atoms with Crippen molar-refractivity contribution in [2.45, 2.75) is 77.4 Å². The topological polar surface area (TPSA) is 52.6 Å². The van der Waals surface area contributed by atoms with Gasteiger partial charge in [0.2, 0.25) is 0 Å². The van der Waals surface area contributed by atoms with Crippen LogP contribution in [0.4, 0.5) is 0 Å². The lowest BCUT2D eigenvalue weighted by molar-refractivity contribution is -0.168. The minimum atomic E-state index is -1.43. The van der Waals surface area contributed by atoms with Gasteiger partial charge in [0.1, 0.15) is 5.75 Å². The number of carbonyl (C=O) groups excluding carboxylic acids is 2. The van der Waals surface area contributed by atoms with E-state index in [4.69, 9.17) is 9.47 Å². The van der Waals surface area contributed by atoms with Gasteiger partial charge in [-0.1, -0.05) is 54.0 Å². The van der Waals surface area contributed by atoms with Gasteiger partial charge < -0.3 is 9.47 Å². The lowest BCUT2D eigenvalue weighted by Crippen LogP contribution is -2.46. The average molecular weight is 356 g/mol. The molecule has 2 aliphatic heterocycles. The van der Waals surface area contributed by atoms with Crippen molar-refractivity contribution in [2.24, 2.45) is 11.8 Å². The summed E-state index contributed by atoms with van der Waals surface area (Å²) < 4.78 is 11.9. The van der Waals surface area contributed by atoms with E-state index in [2.05, 4.69) is 47.6 Å². The van der Waals surface area contributed by atoms with Crippen molar-refractivity contribution in [1.82, 2.24) is 0 Å². The van der Waals surface area contributed by atoms with Crippen molar-refractivity contribution < 1.29 is 19.1 Å². The predicted octanol–water partition coefficient (Wildman–Crippen LogP) is 4.53. The highest BCUT2D eigenvalue weighted by Crippen LogP contribution is 2.55. The predicted molar refractivity (Wildman–Crippen MR) is 98.5 cm³/mol. The number of carbonyl (C=O) groups is 2. The van der Waals surface area contributed by atoms with E-state index < -0.39 is 5.79 Å². The third kappa shape index (κ3) is 2.27. The Labute approximate surface area is 155 Å². The van der Waals surface area contributed by atoms with Crippen LogP contribution in [0.1, 0.15) is 82.3 Å². The number of esters is 1. The molecular formula is C22H28O4. The molecule has 2 heterocycles. The van der Waals surface area contributed by atoms with E-state index in [0.29, 0.717) is 11.3 Å². The molecular weight excluding hydrogens is 328 g/mol. The fraction of sp³-hybridized carbons (Fsp3) is 0.636. The summed E-state index contributed by atoms with van der Waals surface area (Å²) in [6.45, 7) is 12.8. The van der Waals surface area contributed by atoms with Gasteiger partial charge in [-0.05, 0) is 40.9 Å². The minimum Gasteiger partial charge on any atom is -0.444 e. The van der Waals surface area contributed by atoms with Gasteiger partial charge in [0.25, 0.3) is 5.78 Å². The van der Waals surface area contributed by atoms with Gasteiger partial charge in [-0.2, -0.15) is 0 Å². The maximum absolute atomic E-state index is 13.5. The molecule has 1 aliphatic carbocycles. The Morgan fingerprint density at radius 2 is 1.65 bits per heavy atom. The molecule has 0 aromatic heterocycles. The first-order valence-corrected chi connectivity index (χ1v) is 9.61. The first-order valence-electron chi connectivity index (χ1n) is 9.61. The Hall–Kier alpha value is -1.84. The number of hydrogen-bond donors (Lipinski definition) is 0. The molecule has 4 heteroatoms. The highest BCUT2D eigenvalue weighted by molar-refractivity contribution is 6.10. The average Bonchev–Trinajstić information content (AvgIpc) is 3.15. The lowest BCUT2D eigenvalue weighted by Gasteiger charge is -2.26. The van der Waals surface area contributed by atoms with Crippen LogP contribution >= 0.6 is 0 Å². The molecule has 1 spiro atoms. The molecule has 1 aromatic carbocycles. The van der Waals surface area contributed by atoms with Crippen LogP contribution in [0, 0.1) is 11.8 Å². The first-order chi connectivity index (χ1) is 11.9. The number of Topliss-reactive ketones (excluding diaryl/α,β-unsaturated/α-hetero) is 1. The van der Waals surface area contributed by atoms with E-state index in [1.165, 1.54) is 0 Å². The monoisotopic (exact) mass is 356 g/mol. The molecule has 26 heavy (non-hydrogen) atoms. The second kappa shape index (κ2) is 5.11. The Morgan fingerprint density at radius 3 is 2.27 bits per heavy atom. The maximum atomic E-state index is 13.5. The summed E-state index contributed by atoms with van der Waals surface area (Å²) >= 11 is 0. The first kappa shape index (κ1) is 17.6. The van der Waals surface area contributed by atoms with Gasteiger partial charge in [-0.3, -0.25) is 9.59 Å². The smallest absolute Gasteiger partial charge is 0.322 e. The number of hydrogen-bond acceptors (Lipinski definition) is 4. The summed E-state index contributed by atoms with van der Waals surface area (Å²) in [5.41, 5.74) is 2.41. The zero-order valence-corrected chi connectivity index (χ0v) is 16.6. The molecule has 0 amide bonds. The van der Waals surface area contributed by atoms with Gasteiger partial charge in [-0.25, -0.2) is 0 Å². The molecule has 4 rings (SSSR count). The molecule has 1 saturated carbocycles. The standard InChI is InChI=1S/C22H28O4/c1-20(2,3)12-10-15(21(4,5)6)17-16(11-12)25-22(18(17)23)14-9-7-8-13(14)19(24)26-22/h10-11,13-14H,7-9H2,1-6H3/t13-,14+,22+/m1/s1. The van der Waals surface area contributed by atoms with Gasteiger partial charge >= 0.3 is 11.8 Å². The molecule has 1 aromatic rings. The third-order valence-electron chi connectivity index (χ3n) is 6.14. The Balaban J connectivity index is 1.90. The maximum Gasteiger partial charge on any atom is 0.322 e. The van der Waals surface area contributed by atoms with Crippen LogP contribution in [0.5, 0.6) is 5.75 Å². The third-order valence-corrected chi connectivity index (χ3v) is 6.14. The fourth-order valence-electron chi connectivity index (χ4n) is 4.65. The number of benzene rings is 1. The van der Waals surface area contributed by atoms with E-state index in [9.17, 15) is 9.59 Å². The van der Waals surface area contributed by atoms with Crippen LogP contribution in [-0.4, -0.2) is 17.5 Å². The van der Waals surface area contributed by atoms with Gasteiger partial charge in [-0.15, -0.1) is 0 Å². The number of fused-ring (bicyclic) bond motifs is 3. The second-order valence-electron chi connectivity index (χ2n) is 10.1. The lowest BCUT2D eigenvalue weighted by atomic mass is 9.76. The number of ether oxygens (including phenoxy) is 2. The minimum absolute atomic E-state index is 0.0700. The molecule has 4 nitrogen and oxygen atoms in total. The second-order valence-corrected chi connectivity index (χ2v) is 10.1. The van der Waals surface area contributed by atoms with Crippen LogP contribution in [0.15, 0.2) is 12.1 Å². The molecule has 3 aliphatic rings. The van der Waals surface area contributed by atoms with E-state index in [1.807, 2.05) is 6.07 Å². The van der Waals surface area contributed by atoms with E-state index in [-0.39, 0.29) is 34.4 Å². The normalized spacial score (nSPS) is 30.4. The SMILES string of the molecule is CC(C)(C)c1cc2c(c(C(C)(C)C)c1)C(=O)[C@]1(OC(=O)[C@@H]3CCC[C@@H]31)O2. The molecule has 0 unspecified atom stereocenters. The van der Waals surface area contributed by atoms with Crippen molar-refractivity contribution >= 4 is 11.8 Å². The van der Waals surface area contributed by atoms with Crippen molar-refractivity contribution in [3.05, 3.63) is 28.8 Å². The van der Waals surface area contributed by atoms with E-state index in [1.54, 1.807) is 0 Å². The Bertz CT molecular complexity index is 809. The highest BCUT2D eigenvalue weighted by Gasteiger charge is 2.67. The molecule has 0 N–H and O–H groups in total. The van der Waals surface area contributed by atoms with E-state index >= 15 is 0 Å². The quantitative estimate of drug-likeness (QED) is 0.641. The summed E-state index contributed by atoms with van der Waals surface area (Å²) in [4.78, 5) is 25.9.